The predicted octanol–water partition coefficient (Wildman–Crippen LogP) is 4.90. The van der Waals surface area contributed by atoms with Crippen LogP contribution in [0.4, 0.5) is 0 Å². The van der Waals surface area contributed by atoms with Gasteiger partial charge in [0.15, 0.2) is 17.6 Å². The van der Waals surface area contributed by atoms with Crippen molar-refractivity contribution < 1.29 is 19.0 Å². The van der Waals surface area contributed by atoms with Crippen LogP contribution in [-0.2, 0) is 11.3 Å². The number of aryl methyl sites for hydroxylation is 1. The van der Waals surface area contributed by atoms with E-state index in [9.17, 15) is 4.79 Å². The van der Waals surface area contributed by atoms with Gasteiger partial charge < -0.3 is 19.5 Å². The van der Waals surface area contributed by atoms with Crippen molar-refractivity contribution in [2.24, 2.45) is 5.92 Å². The maximum absolute atomic E-state index is 12.6. The van der Waals surface area contributed by atoms with E-state index in [0.29, 0.717) is 37.0 Å². The molecule has 1 amide bonds. The molecule has 5 heteroatoms. The maximum Gasteiger partial charge on any atom is 0.261 e. The molecule has 0 aromatic heterocycles. The summed E-state index contributed by atoms with van der Waals surface area (Å²) in [6, 6.07) is 13.4. The summed E-state index contributed by atoms with van der Waals surface area (Å²) in [6.45, 7) is 9.31. The second kappa shape index (κ2) is 11.3. The Morgan fingerprint density at radius 1 is 1.10 bits per heavy atom. The molecular formula is C24H33NO4. The SMILES string of the molecule is CCC(Oc1cccc(C)c1)C(=O)NCc1ccc(OCCC(C)C)c(OC)c1. The van der Waals surface area contributed by atoms with E-state index in [1.54, 1.807) is 7.11 Å². The van der Waals surface area contributed by atoms with E-state index in [4.69, 9.17) is 14.2 Å². The van der Waals surface area contributed by atoms with Gasteiger partial charge in [0.25, 0.3) is 5.91 Å². The van der Waals surface area contributed by atoms with E-state index in [2.05, 4.69) is 19.2 Å². The highest BCUT2D eigenvalue weighted by molar-refractivity contribution is 5.81. The standard InChI is InChI=1S/C24H33NO4/c1-6-21(29-20-9-7-8-18(4)14-20)24(26)25-16-19-10-11-22(23(15-19)27-5)28-13-12-17(2)3/h7-11,14-15,17,21H,6,12-13,16H2,1-5H3,(H,25,26). The highest BCUT2D eigenvalue weighted by atomic mass is 16.5. The zero-order valence-corrected chi connectivity index (χ0v) is 18.2. The van der Waals surface area contributed by atoms with Crippen molar-refractivity contribution in [2.75, 3.05) is 13.7 Å². The van der Waals surface area contributed by atoms with Crippen molar-refractivity contribution in [1.29, 1.82) is 0 Å². The van der Waals surface area contributed by atoms with E-state index in [1.807, 2.05) is 56.3 Å². The lowest BCUT2D eigenvalue weighted by atomic mass is 10.1. The Balaban J connectivity index is 1.94. The van der Waals surface area contributed by atoms with Gasteiger partial charge >= 0.3 is 0 Å². The smallest absolute Gasteiger partial charge is 0.261 e. The van der Waals surface area contributed by atoms with E-state index < -0.39 is 6.10 Å². The fourth-order valence-electron chi connectivity index (χ4n) is 2.82. The molecule has 158 valence electrons. The quantitative estimate of drug-likeness (QED) is 0.584. The van der Waals surface area contributed by atoms with E-state index in [-0.39, 0.29) is 5.91 Å². The number of methoxy groups -OCH3 is 1. The molecule has 0 bridgehead atoms. The van der Waals surface area contributed by atoms with Gasteiger partial charge in [0.1, 0.15) is 5.75 Å². The molecule has 0 aliphatic carbocycles. The summed E-state index contributed by atoms with van der Waals surface area (Å²) in [5.74, 6) is 2.55. The monoisotopic (exact) mass is 399 g/mol. The van der Waals surface area contributed by atoms with E-state index >= 15 is 0 Å². The molecule has 0 saturated carbocycles. The molecule has 0 heterocycles. The normalized spacial score (nSPS) is 11.8. The number of carbonyl (C=O) groups excluding carboxylic acids is 1. The zero-order valence-electron chi connectivity index (χ0n) is 18.2. The van der Waals surface area contributed by atoms with Gasteiger partial charge in [0.2, 0.25) is 0 Å². The molecule has 0 radical (unpaired) electrons. The van der Waals surface area contributed by atoms with Crippen molar-refractivity contribution >= 4 is 5.91 Å². The van der Waals surface area contributed by atoms with Gasteiger partial charge in [0, 0.05) is 6.54 Å². The van der Waals surface area contributed by atoms with Crippen LogP contribution in [0.2, 0.25) is 0 Å². The summed E-state index contributed by atoms with van der Waals surface area (Å²) in [7, 11) is 1.62. The predicted molar refractivity (Wildman–Crippen MR) is 116 cm³/mol. The van der Waals surface area contributed by atoms with Gasteiger partial charge in [-0.15, -0.1) is 0 Å². The Morgan fingerprint density at radius 2 is 1.90 bits per heavy atom. The van der Waals surface area contributed by atoms with Gasteiger partial charge in [-0.3, -0.25) is 4.79 Å². The number of nitrogens with one attached hydrogen (secondary N) is 1. The minimum absolute atomic E-state index is 0.134. The van der Waals surface area contributed by atoms with E-state index in [1.165, 1.54) is 0 Å². The molecule has 2 aromatic carbocycles. The minimum atomic E-state index is -0.530. The summed E-state index contributed by atoms with van der Waals surface area (Å²) in [4.78, 5) is 12.6. The number of hydrogen-bond donors (Lipinski definition) is 1. The Morgan fingerprint density at radius 3 is 2.55 bits per heavy atom. The third-order valence-corrected chi connectivity index (χ3v) is 4.58. The Bertz CT molecular complexity index is 788. The second-order valence-electron chi connectivity index (χ2n) is 7.57. The summed E-state index contributed by atoms with van der Waals surface area (Å²) < 4.78 is 17.1. The minimum Gasteiger partial charge on any atom is -0.493 e. The van der Waals surface area contributed by atoms with Gasteiger partial charge in [-0.05, 0) is 61.1 Å². The molecule has 5 nitrogen and oxygen atoms in total. The molecule has 2 aromatic rings. The average molecular weight is 400 g/mol. The third-order valence-electron chi connectivity index (χ3n) is 4.58. The highest BCUT2D eigenvalue weighted by Crippen LogP contribution is 2.28. The van der Waals surface area contributed by atoms with Crippen molar-refractivity contribution in [2.45, 2.75) is 53.2 Å². The number of ether oxygens (including phenoxy) is 3. The average Bonchev–Trinajstić information content (AvgIpc) is 2.70. The third kappa shape index (κ3) is 7.33. The number of carbonyl (C=O) groups is 1. The number of hydrogen-bond acceptors (Lipinski definition) is 4. The lowest BCUT2D eigenvalue weighted by molar-refractivity contribution is -0.128. The summed E-state index contributed by atoms with van der Waals surface area (Å²) in [5, 5.41) is 2.95. The topological polar surface area (TPSA) is 56.8 Å². The summed E-state index contributed by atoms with van der Waals surface area (Å²) in [6.07, 6.45) is 1.05. The molecule has 1 atom stereocenters. The van der Waals surface area contributed by atoms with Crippen LogP contribution in [-0.4, -0.2) is 25.7 Å². The van der Waals surface area contributed by atoms with Gasteiger partial charge in [-0.2, -0.15) is 0 Å². The molecule has 0 fully saturated rings. The molecule has 1 N–H and O–H groups in total. The van der Waals surface area contributed by atoms with Crippen molar-refractivity contribution in [1.82, 2.24) is 5.32 Å². The van der Waals surface area contributed by atoms with Crippen LogP contribution >= 0.6 is 0 Å². The Hall–Kier alpha value is -2.69. The van der Waals surface area contributed by atoms with Crippen LogP contribution in [0, 0.1) is 12.8 Å². The largest absolute Gasteiger partial charge is 0.493 e. The lowest BCUT2D eigenvalue weighted by Crippen LogP contribution is -2.37. The van der Waals surface area contributed by atoms with Crippen LogP contribution in [0.3, 0.4) is 0 Å². The highest BCUT2D eigenvalue weighted by Gasteiger charge is 2.18. The number of amides is 1. The van der Waals surface area contributed by atoms with Crippen LogP contribution < -0.4 is 19.5 Å². The molecule has 0 aliphatic rings. The van der Waals surface area contributed by atoms with Crippen LogP contribution in [0.5, 0.6) is 17.2 Å². The zero-order chi connectivity index (χ0) is 21.2. The summed E-state index contributed by atoms with van der Waals surface area (Å²) in [5.41, 5.74) is 2.04. The van der Waals surface area contributed by atoms with Crippen molar-refractivity contribution in [3.05, 3.63) is 53.6 Å². The lowest BCUT2D eigenvalue weighted by Gasteiger charge is -2.18. The molecule has 0 spiro atoms. The molecule has 2 rings (SSSR count). The fraction of sp³-hybridized carbons (Fsp3) is 0.458. The number of benzene rings is 2. The Kier molecular flexibility index (Phi) is 8.84. The molecular weight excluding hydrogens is 366 g/mol. The number of rotatable bonds is 11. The molecule has 0 saturated heterocycles. The first-order valence-electron chi connectivity index (χ1n) is 10.2. The van der Waals surface area contributed by atoms with Gasteiger partial charge in [-0.25, -0.2) is 0 Å². The second-order valence-corrected chi connectivity index (χ2v) is 7.57. The first-order valence-corrected chi connectivity index (χ1v) is 10.2. The summed E-state index contributed by atoms with van der Waals surface area (Å²) >= 11 is 0. The molecule has 1 unspecified atom stereocenters. The molecule has 29 heavy (non-hydrogen) atoms. The Labute approximate surface area is 174 Å². The van der Waals surface area contributed by atoms with Crippen molar-refractivity contribution in [3.63, 3.8) is 0 Å². The van der Waals surface area contributed by atoms with Crippen LogP contribution in [0.25, 0.3) is 0 Å². The van der Waals surface area contributed by atoms with Crippen molar-refractivity contribution in [3.8, 4) is 17.2 Å². The van der Waals surface area contributed by atoms with Gasteiger partial charge in [-0.1, -0.05) is 39.0 Å². The maximum atomic E-state index is 12.6. The van der Waals surface area contributed by atoms with Crippen LogP contribution in [0.1, 0.15) is 44.7 Å². The van der Waals surface area contributed by atoms with E-state index in [0.717, 1.165) is 23.3 Å². The first-order chi connectivity index (χ1) is 13.9. The first kappa shape index (κ1) is 22.6. The molecule has 0 aliphatic heterocycles. The van der Waals surface area contributed by atoms with Gasteiger partial charge in [0.05, 0.1) is 13.7 Å². The van der Waals surface area contributed by atoms with Crippen LogP contribution in [0.15, 0.2) is 42.5 Å². The fourth-order valence-corrected chi connectivity index (χ4v) is 2.82.